The largest absolute Gasteiger partial charge is 0.481 e. The van der Waals surface area contributed by atoms with Crippen molar-refractivity contribution < 1.29 is 29.7 Å². The number of rotatable bonds is 11. The molecular formula is C16H29N3O6. The zero-order valence-corrected chi connectivity index (χ0v) is 14.8. The van der Waals surface area contributed by atoms with Crippen molar-refractivity contribution in [1.29, 1.82) is 0 Å². The van der Waals surface area contributed by atoms with Gasteiger partial charge in [-0.1, -0.05) is 0 Å². The second-order valence-corrected chi connectivity index (χ2v) is 6.67. The van der Waals surface area contributed by atoms with E-state index in [9.17, 15) is 24.6 Å². The number of nitrogens with zero attached hydrogens (tertiary/aromatic N) is 1. The van der Waals surface area contributed by atoms with E-state index in [1.54, 1.807) is 13.8 Å². The maximum absolute atomic E-state index is 12.0. The molecule has 144 valence electrons. The van der Waals surface area contributed by atoms with Crippen molar-refractivity contribution in [1.82, 2.24) is 15.5 Å². The molecule has 1 aliphatic rings. The number of piperazine rings is 1. The van der Waals surface area contributed by atoms with Gasteiger partial charge in [0.1, 0.15) is 12.1 Å². The number of carbonyl (C=O) groups excluding carboxylic acids is 2. The number of nitrogens with one attached hydrogen (secondary N) is 2. The minimum Gasteiger partial charge on any atom is -0.481 e. The van der Waals surface area contributed by atoms with E-state index in [2.05, 4.69) is 10.6 Å². The van der Waals surface area contributed by atoms with Crippen LogP contribution in [0.5, 0.6) is 0 Å². The smallest absolute Gasteiger partial charge is 0.305 e. The Morgan fingerprint density at radius 2 is 1.56 bits per heavy atom. The van der Waals surface area contributed by atoms with E-state index >= 15 is 0 Å². The van der Waals surface area contributed by atoms with Gasteiger partial charge >= 0.3 is 5.97 Å². The molecule has 1 aliphatic heterocycles. The molecule has 25 heavy (non-hydrogen) atoms. The molecule has 0 bridgehead atoms. The number of amides is 2. The van der Waals surface area contributed by atoms with Crippen LogP contribution in [0.25, 0.3) is 0 Å². The van der Waals surface area contributed by atoms with E-state index in [4.69, 9.17) is 5.11 Å². The summed E-state index contributed by atoms with van der Waals surface area (Å²) in [5.41, 5.74) is 0. The molecule has 9 heteroatoms. The summed E-state index contributed by atoms with van der Waals surface area (Å²) in [6.07, 6.45) is 0.462. The van der Waals surface area contributed by atoms with Gasteiger partial charge in [-0.2, -0.15) is 0 Å². The van der Waals surface area contributed by atoms with E-state index in [1.165, 1.54) is 0 Å². The molecule has 4 atom stereocenters. The monoisotopic (exact) mass is 359 g/mol. The van der Waals surface area contributed by atoms with Gasteiger partial charge in [0.2, 0.25) is 11.8 Å². The van der Waals surface area contributed by atoms with Crippen molar-refractivity contribution in [2.24, 2.45) is 0 Å². The second kappa shape index (κ2) is 10.3. The Morgan fingerprint density at radius 1 is 1.04 bits per heavy atom. The summed E-state index contributed by atoms with van der Waals surface area (Å²) in [5, 5.41) is 32.7. The summed E-state index contributed by atoms with van der Waals surface area (Å²) in [6, 6.07) is -1.67. The fourth-order valence-electron chi connectivity index (χ4n) is 2.89. The Morgan fingerprint density at radius 3 is 2.08 bits per heavy atom. The lowest BCUT2D eigenvalue weighted by atomic mass is 10.0. The Hall–Kier alpha value is -1.71. The van der Waals surface area contributed by atoms with Gasteiger partial charge in [-0.3, -0.25) is 19.3 Å². The van der Waals surface area contributed by atoms with E-state index < -0.39 is 42.6 Å². The van der Waals surface area contributed by atoms with Crippen LogP contribution < -0.4 is 10.6 Å². The van der Waals surface area contributed by atoms with Crippen LogP contribution in [0.4, 0.5) is 0 Å². The molecule has 1 heterocycles. The lowest BCUT2D eigenvalue weighted by molar-refractivity contribution is -0.143. The van der Waals surface area contributed by atoms with Crippen LogP contribution in [-0.2, 0) is 14.4 Å². The number of unbranched alkanes of at least 4 members (excludes halogenated alkanes) is 1. The van der Waals surface area contributed by atoms with Gasteiger partial charge in [0, 0.05) is 13.1 Å². The number of carboxylic acids is 1. The van der Waals surface area contributed by atoms with Crippen LogP contribution in [0.3, 0.4) is 0 Å². The molecule has 1 saturated heterocycles. The topological polar surface area (TPSA) is 139 Å². The first-order chi connectivity index (χ1) is 11.7. The molecule has 0 aromatic rings. The Bertz CT molecular complexity index is 459. The van der Waals surface area contributed by atoms with Crippen molar-refractivity contribution in [2.45, 2.75) is 63.8 Å². The highest BCUT2D eigenvalue weighted by atomic mass is 16.4. The third-order valence-corrected chi connectivity index (χ3v) is 3.91. The molecule has 0 saturated carbocycles. The Balaban J connectivity index is 2.36. The van der Waals surface area contributed by atoms with Crippen molar-refractivity contribution in [3.05, 3.63) is 0 Å². The van der Waals surface area contributed by atoms with Gasteiger partial charge in [0.05, 0.1) is 18.6 Å². The number of hydrogen-bond acceptors (Lipinski definition) is 6. The van der Waals surface area contributed by atoms with Crippen LogP contribution in [0.2, 0.25) is 0 Å². The summed E-state index contributed by atoms with van der Waals surface area (Å²) in [6.45, 7) is 4.96. The maximum atomic E-state index is 12.0. The zero-order valence-electron chi connectivity index (χ0n) is 14.8. The van der Waals surface area contributed by atoms with Gasteiger partial charge in [0.15, 0.2) is 0 Å². The SMILES string of the molecule is CC(O)CN(CCCCC1NC(=O)C(CC(=O)O)NC1=O)CC(C)O. The summed E-state index contributed by atoms with van der Waals surface area (Å²) >= 11 is 0. The molecule has 4 unspecified atom stereocenters. The summed E-state index contributed by atoms with van der Waals surface area (Å²) in [5.74, 6) is -1.98. The molecule has 0 aromatic carbocycles. The minimum absolute atomic E-state index is 0.365. The van der Waals surface area contributed by atoms with E-state index in [-0.39, 0.29) is 5.91 Å². The zero-order chi connectivity index (χ0) is 19.0. The summed E-state index contributed by atoms with van der Waals surface area (Å²) in [7, 11) is 0. The highest BCUT2D eigenvalue weighted by molar-refractivity contribution is 5.98. The number of carbonyl (C=O) groups is 3. The van der Waals surface area contributed by atoms with Gasteiger partial charge in [-0.05, 0) is 39.7 Å². The molecule has 0 radical (unpaired) electrons. The molecule has 5 N–H and O–H groups in total. The average Bonchev–Trinajstić information content (AvgIpc) is 2.46. The molecule has 0 aliphatic carbocycles. The van der Waals surface area contributed by atoms with E-state index in [0.29, 0.717) is 32.5 Å². The fourth-order valence-corrected chi connectivity index (χ4v) is 2.89. The minimum atomic E-state index is -1.14. The maximum Gasteiger partial charge on any atom is 0.305 e. The van der Waals surface area contributed by atoms with Crippen LogP contribution in [-0.4, -0.2) is 81.9 Å². The lowest BCUT2D eigenvalue weighted by Crippen LogP contribution is -2.62. The lowest BCUT2D eigenvalue weighted by Gasteiger charge is -2.29. The molecule has 0 aromatic heterocycles. The quantitative estimate of drug-likeness (QED) is 0.288. The van der Waals surface area contributed by atoms with Crippen LogP contribution in [0.1, 0.15) is 39.5 Å². The standard InChI is InChI=1S/C16H29N3O6/c1-10(20)8-19(9-11(2)21)6-4-3-5-12-15(24)18-13(7-14(22)23)16(25)17-12/h10-13,20-21H,3-9H2,1-2H3,(H,17,25)(H,18,24)(H,22,23). The van der Waals surface area contributed by atoms with Crippen molar-refractivity contribution >= 4 is 17.8 Å². The van der Waals surface area contributed by atoms with Crippen molar-refractivity contribution in [2.75, 3.05) is 19.6 Å². The van der Waals surface area contributed by atoms with Gasteiger partial charge in [-0.15, -0.1) is 0 Å². The molecule has 0 spiro atoms. The fraction of sp³-hybridized carbons (Fsp3) is 0.812. The van der Waals surface area contributed by atoms with Gasteiger partial charge < -0.3 is 26.0 Å². The third-order valence-electron chi connectivity index (χ3n) is 3.91. The predicted molar refractivity (Wildman–Crippen MR) is 89.8 cm³/mol. The predicted octanol–water partition coefficient (Wildman–Crippen LogP) is -1.32. The first-order valence-electron chi connectivity index (χ1n) is 8.60. The van der Waals surface area contributed by atoms with Crippen LogP contribution >= 0.6 is 0 Å². The first-order valence-corrected chi connectivity index (χ1v) is 8.60. The first kappa shape index (κ1) is 21.3. The Kier molecular flexibility index (Phi) is 8.81. The second-order valence-electron chi connectivity index (χ2n) is 6.67. The molecule has 2 amide bonds. The number of carboxylic acid groups (broad SMARTS) is 1. The molecule has 1 fully saturated rings. The number of aliphatic carboxylic acids is 1. The van der Waals surface area contributed by atoms with Crippen molar-refractivity contribution in [3.8, 4) is 0 Å². The molecule has 1 rings (SSSR count). The third kappa shape index (κ3) is 8.28. The highest BCUT2D eigenvalue weighted by Crippen LogP contribution is 2.09. The number of aliphatic hydroxyl groups excluding tert-OH is 2. The van der Waals surface area contributed by atoms with Gasteiger partial charge in [0.25, 0.3) is 0 Å². The number of aliphatic hydroxyl groups is 2. The molecule has 9 nitrogen and oxygen atoms in total. The van der Waals surface area contributed by atoms with E-state index in [0.717, 1.165) is 6.42 Å². The van der Waals surface area contributed by atoms with Gasteiger partial charge in [-0.25, -0.2) is 0 Å². The summed E-state index contributed by atoms with van der Waals surface area (Å²) < 4.78 is 0. The highest BCUT2D eigenvalue weighted by Gasteiger charge is 2.34. The normalized spacial score (nSPS) is 23.1. The van der Waals surface area contributed by atoms with E-state index in [1.807, 2.05) is 4.90 Å². The van der Waals surface area contributed by atoms with Crippen molar-refractivity contribution in [3.63, 3.8) is 0 Å². The summed E-state index contributed by atoms with van der Waals surface area (Å²) in [4.78, 5) is 36.4. The average molecular weight is 359 g/mol. The Labute approximate surface area is 147 Å². The van der Waals surface area contributed by atoms with Crippen LogP contribution in [0.15, 0.2) is 0 Å². The molecular weight excluding hydrogens is 330 g/mol. The number of hydrogen-bond donors (Lipinski definition) is 5. The van der Waals surface area contributed by atoms with Crippen LogP contribution in [0, 0.1) is 0 Å².